The van der Waals surface area contributed by atoms with Crippen LogP contribution in [0.3, 0.4) is 0 Å². The van der Waals surface area contributed by atoms with Crippen LogP contribution in [-0.2, 0) is 21.3 Å². The highest BCUT2D eigenvalue weighted by Crippen LogP contribution is 2.54. The van der Waals surface area contributed by atoms with Crippen molar-refractivity contribution in [1.29, 1.82) is 0 Å². The molecule has 4 rings (SSSR count). The van der Waals surface area contributed by atoms with Gasteiger partial charge >= 0.3 is 0 Å². The molecule has 2 bridgehead atoms. The lowest BCUT2D eigenvalue weighted by atomic mass is 9.74. The van der Waals surface area contributed by atoms with E-state index in [4.69, 9.17) is 4.74 Å². The van der Waals surface area contributed by atoms with Gasteiger partial charge < -0.3 is 4.74 Å². The topological polar surface area (TPSA) is 58.6 Å². The molecule has 3 aliphatic rings. The van der Waals surface area contributed by atoms with Gasteiger partial charge in [-0.25, -0.2) is 13.1 Å². The van der Waals surface area contributed by atoms with Crippen LogP contribution in [-0.4, -0.2) is 50.4 Å². The number of ether oxygens (including phenoxy) is 1. The van der Waals surface area contributed by atoms with Gasteiger partial charge in [-0.1, -0.05) is 24.3 Å². The van der Waals surface area contributed by atoms with Crippen LogP contribution in [0.1, 0.15) is 30.9 Å². The van der Waals surface area contributed by atoms with Crippen molar-refractivity contribution in [3.8, 4) is 0 Å². The van der Waals surface area contributed by atoms with Gasteiger partial charge in [0.25, 0.3) is 0 Å². The minimum absolute atomic E-state index is 0.0460. The molecule has 6 heteroatoms. The molecule has 1 aromatic rings. The molecule has 138 valence electrons. The van der Waals surface area contributed by atoms with E-state index in [1.165, 1.54) is 11.1 Å². The molecule has 5 nitrogen and oxygen atoms in total. The molecule has 3 saturated heterocycles. The number of fused-ring (bicyclic) bond motifs is 1. The Balaban J connectivity index is 1.46. The van der Waals surface area contributed by atoms with E-state index < -0.39 is 10.0 Å². The minimum Gasteiger partial charge on any atom is -0.370 e. The third-order valence-corrected chi connectivity index (χ3v) is 7.80. The maximum Gasteiger partial charge on any atom is 0.211 e. The molecule has 1 spiro atoms. The molecule has 0 aliphatic carbocycles. The largest absolute Gasteiger partial charge is 0.370 e. The zero-order valence-corrected chi connectivity index (χ0v) is 15.9. The van der Waals surface area contributed by atoms with Gasteiger partial charge in [0.2, 0.25) is 10.0 Å². The summed E-state index contributed by atoms with van der Waals surface area (Å²) in [4.78, 5) is 2.50. The summed E-state index contributed by atoms with van der Waals surface area (Å²) in [6.07, 6.45) is 2.40. The maximum absolute atomic E-state index is 11.8. The number of aryl methyl sites for hydroxylation is 1. The van der Waals surface area contributed by atoms with E-state index in [1.807, 2.05) is 0 Å². The van der Waals surface area contributed by atoms with Crippen molar-refractivity contribution in [2.45, 2.75) is 44.9 Å². The van der Waals surface area contributed by atoms with Crippen LogP contribution in [0, 0.1) is 18.8 Å². The van der Waals surface area contributed by atoms with Crippen molar-refractivity contribution < 1.29 is 13.2 Å². The average Bonchev–Trinajstić information content (AvgIpc) is 3.23. The molecule has 25 heavy (non-hydrogen) atoms. The van der Waals surface area contributed by atoms with Crippen molar-refractivity contribution in [3.63, 3.8) is 0 Å². The Bertz CT molecular complexity index is 751. The van der Waals surface area contributed by atoms with E-state index in [-0.39, 0.29) is 17.5 Å². The SMILES string of the molecule is CCS(=O)(=O)NC[C@H]1[C@H]2CN(Cc3ccccc3C)C[C@]23CC[C@H]1O3. The first-order chi connectivity index (χ1) is 11.9. The smallest absolute Gasteiger partial charge is 0.211 e. The van der Waals surface area contributed by atoms with Gasteiger partial charge in [-0.2, -0.15) is 0 Å². The summed E-state index contributed by atoms with van der Waals surface area (Å²) < 4.78 is 32.9. The van der Waals surface area contributed by atoms with Crippen molar-refractivity contribution in [1.82, 2.24) is 9.62 Å². The molecule has 0 saturated carbocycles. The number of nitrogens with zero attached hydrogens (tertiary/aromatic N) is 1. The normalized spacial score (nSPS) is 34.6. The van der Waals surface area contributed by atoms with Crippen LogP contribution in [0.25, 0.3) is 0 Å². The van der Waals surface area contributed by atoms with E-state index in [9.17, 15) is 8.42 Å². The van der Waals surface area contributed by atoms with Crippen LogP contribution in [0.4, 0.5) is 0 Å². The van der Waals surface area contributed by atoms with Crippen LogP contribution >= 0.6 is 0 Å². The van der Waals surface area contributed by atoms with Gasteiger partial charge in [0, 0.05) is 38.0 Å². The zero-order chi connectivity index (χ0) is 17.7. The number of benzene rings is 1. The third kappa shape index (κ3) is 3.14. The molecule has 3 heterocycles. The number of likely N-dealkylation sites (tertiary alicyclic amines) is 1. The van der Waals surface area contributed by atoms with Crippen molar-refractivity contribution >= 4 is 10.0 Å². The maximum atomic E-state index is 11.8. The Kier molecular flexibility index (Phi) is 4.43. The quantitative estimate of drug-likeness (QED) is 0.838. The van der Waals surface area contributed by atoms with Crippen LogP contribution in [0.5, 0.6) is 0 Å². The molecule has 0 aromatic heterocycles. The van der Waals surface area contributed by atoms with Crippen molar-refractivity contribution in [3.05, 3.63) is 35.4 Å². The van der Waals surface area contributed by atoms with E-state index >= 15 is 0 Å². The van der Waals surface area contributed by atoms with E-state index in [0.717, 1.165) is 32.5 Å². The Hall–Kier alpha value is -0.950. The lowest BCUT2D eigenvalue weighted by Gasteiger charge is -2.29. The zero-order valence-electron chi connectivity index (χ0n) is 15.1. The highest BCUT2D eigenvalue weighted by atomic mass is 32.2. The summed E-state index contributed by atoms with van der Waals surface area (Å²) in [5.41, 5.74) is 2.65. The van der Waals surface area contributed by atoms with Gasteiger partial charge in [-0.15, -0.1) is 0 Å². The predicted molar refractivity (Wildman–Crippen MR) is 97.7 cm³/mol. The van der Waals surface area contributed by atoms with Gasteiger partial charge in [0.15, 0.2) is 0 Å². The monoisotopic (exact) mass is 364 g/mol. The third-order valence-electron chi connectivity index (χ3n) is 6.43. The molecule has 1 aromatic carbocycles. The Morgan fingerprint density at radius 3 is 2.92 bits per heavy atom. The Morgan fingerprint density at radius 2 is 2.16 bits per heavy atom. The van der Waals surface area contributed by atoms with Gasteiger partial charge in [0.1, 0.15) is 0 Å². The summed E-state index contributed by atoms with van der Waals surface area (Å²) in [6.45, 7) is 7.29. The van der Waals surface area contributed by atoms with Crippen molar-refractivity contribution in [2.75, 3.05) is 25.4 Å². The molecule has 0 unspecified atom stereocenters. The summed E-state index contributed by atoms with van der Waals surface area (Å²) >= 11 is 0. The second-order valence-electron chi connectivity index (χ2n) is 7.88. The highest BCUT2D eigenvalue weighted by molar-refractivity contribution is 7.89. The predicted octanol–water partition coefficient (Wildman–Crippen LogP) is 1.91. The molecular formula is C19H28N2O3S. The molecule has 0 radical (unpaired) electrons. The lowest BCUT2D eigenvalue weighted by molar-refractivity contribution is 0.00218. The highest BCUT2D eigenvalue weighted by Gasteiger charge is 2.62. The molecule has 1 N–H and O–H groups in total. The first-order valence-electron chi connectivity index (χ1n) is 9.34. The summed E-state index contributed by atoms with van der Waals surface area (Å²) in [5, 5.41) is 0. The van der Waals surface area contributed by atoms with Crippen LogP contribution in [0.15, 0.2) is 24.3 Å². The summed E-state index contributed by atoms with van der Waals surface area (Å²) in [7, 11) is -3.14. The first-order valence-corrected chi connectivity index (χ1v) is 11.0. The molecule has 3 aliphatic heterocycles. The molecule has 0 amide bonds. The second kappa shape index (κ2) is 6.34. The molecule has 3 fully saturated rings. The number of hydrogen-bond donors (Lipinski definition) is 1. The standard InChI is InChI=1S/C19H28N2O3S/c1-3-25(22,23)20-10-16-17-12-21(11-15-7-5-4-6-14(15)2)13-19(17)9-8-18(16)24-19/h4-7,16-18,20H,3,8-13H2,1-2H3/t16-,17+,18+,19+/m0/s1. The fourth-order valence-corrected chi connectivity index (χ4v) is 5.68. The Labute approximate surface area is 150 Å². The van der Waals surface area contributed by atoms with E-state index in [1.54, 1.807) is 6.92 Å². The van der Waals surface area contributed by atoms with Crippen molar-refractivity contribution in [2.24, 2.45) is 11.8 Å². The van der Waals surface area contributed by atoms with E-state index in [0.29, 0.717) is 18.4 Å². The van der Waals surface area contributed by atoms with E-state index in [2.05, 4.69) is 40.8 Å². The average molecular weight is 365 g/mol. The van der Waals surface area contributed by atoms with Crippen LogP contribution in [0.2, 0.25) is 0 Å². The van der Waals surface area contributed by atoms with Gasteiger partial charge in [0.05, 0.1) is 17.5 Å². The number of rotatable bonds is 6. The summed E-state index contributed by atoms with van der Waals surface area (Å²) in [5.74, 6) is 0.882. The van der Waals surface area contributed by atoms with Gasteiger partial charge in [-0.3, -0.25) is 4.90 Å². The number of hydrogen-bond acceptors (Lipinski definition) is 4. The molecule has 4 atom stereocenters. The number of sulfonamides is 1. The lowest BCUT2D eigenvalue weighted by Crippen LogP contribution is -2.42. The number of nitrogens with one attached hydrogen (secondary N) is 1. The van der Waals surface area contributed by atoms with Gasteiger partial charge in [-0.05, 0) is 37.8 Å². The fraction of sp³-hybridized carbons (Fsp3) is 0.684. The first kappa shape index (κ1) is 17.5. The van der Waals surface area contributed by atoms with Crippen LogP contribution < -0.4 is 4.72 Å². The summed E-state index contributed by atoms with van der Waals surface area (Å²) in [6, 6.07) is 8.54. The molecular weight excluding hydrogens is 336 g/mol. The second-order valence-corrected chi connectivity index (χ2v) is 9.97. The minimum atomic E-state index is -3.14. The Morgan fingerprint density at radius 1 is 1.36 bits per heavy atom. The fourth-order valence-electron chi connectivity index (χ4n) is 5.03.